The van der Waals surface area contributed by atoms with E-state index in [1.807, 2.05) is 93.2 Å². The number of para-hydroxylation sites is 4. The van der Waals surface area contributed by atoms with E-state index in [0.29, 0.717) is 91.9 Å². The van der Waals surface area contributed by atoms with Crippen LogP contribution in [0.15, 0.2) is 238 Å². The lowest BCUT2D eigenvalue weighted by Gasteiger charge is -2.37. The molecule has 0 aliphatic carbocycles. The third-order valence-electron chi connectivity index (χ3n) is 20.9. The fourth-order valence-electron chi connectivity index (χ4n) is 13.4. The van der Waals surface area contributed by atoms with Crippen molar-refractivity contribution >= 4 is 90.7 Å². The van der Waals surface area contributed by atoms with Crippen LogP contribution in [0.25, 0.3) is 0 Å². The molecule has 131 heavy (non-hydrogen) atoms. The first kappa shape index (κ1) is 104. The van der Waals surface area contributed by atoms with E-state index in [9.17, 15) is 71.2 Å². The van der Waals surface area contributed by atoms with E-state index in [1.54, 1.807) is 60.7 Å². The SMILES string of the molecule is CC(C)(C)OC(=O)N1CCC(O)C1.O=C(NO)C1(S(=O)(=O)c2ccc(Oc3ccccc3)cc2)CCNC1.O=C(NO)C1(S(=O)(=O)c2ccc(Oc3ccccc3)cc2)CCOC1.O=C(NO)C1(S(=O)(=O)c2ccc(Oc3ccccc3)cc2)CCS(=O)(=O)C1.O=C(NO)C1(S(=O)(=O)c2ccc(Oc3ccccc3)cc2)COC1.OC1CCOC1.OC1CCSC1.OC1COC1. The predicted octanol–water partition coefficient (Wildman–Crippen LogP) is 6.87. The van der Waals surface area contributed by atoms with E-state index < -0.39 is 115 Å². The smallest absolute Gasteiger partial charge is 0.410 e. The Kier molecular flexibility index (Phi) is 37.7. The Bertz CT molecular complexity index is 5460. The Hall–Kier alpha value is -10.3. The average Bonchev–Trinajstić information content (AvgIpc) is 1.60. The Balaban J connectivity index is 0.000000178. The van der Waals surface area contributed by atoms with Gasteiger partial charge in [-0.25, -0.2) is 68.8 Å². The second-order valence-electron chi connectivity index (χ2n) is 31.5. The quantitative estimate of drug-likeness (QED) is 0.0273. The molecule has 13 N–H and O–H groups in total. The lowest BCUT2D eigenvalue weighted by molar-refractivity contribution is -0.143. The van der Waals surface area contributed by atoms with Crippen molar-refractivity contribution in [2.24, 2.45) is 0 Å². The molecule has 44 heteroatoms. The van der Waals surface area contributed by atoms with E-state index in [0.717, 1.165) is 31.0 Å². The van der Waals surface area contributed by atoms with Crippen molar-refractivity contribution in [1.29, 1.82) is 0 Å². The van der Waals surface area contributed by atoms with Crippen LogP contribution in [0.5, 0.6) is 46.0 Å². The summed E-state index contributed by atoms with van der Waals surface area (Å²) in [5, 5.41) is 73.4. The number of rotatable bonds is 20. The zero-order chi connectivity index (χ0) is 95.3. The van der Waals surface area contributed by atoms with Crippen LogP contribution >= 0.6 is 11.8 Å². The van der Waals surface area contributed by atoms with Gasteiger partial charge in [0, 0.05) is 45.0 Å². The lowest BCUT2D eigenvalue weighted by Crippen LogP contribution is -2.64. The molecule has 38 nitrogen and oxygen atoms in total. The molecule has 712 valence electrons. The van der Waals surface area contributed by atoms with Gasteiger partial charge in [0.2, 0.25) is 4.75 Å². The zero-order valence-electron chi connectivity index (χ0n) is 71.4. The molecule has 6 atom stereocenters. The largest absolute Gasteiger partial charge is 0.457 e. The molecule has 8 aliphatic heterocycles. The number of nitrogens with zero attached hydrogens (tertiary/aromatic N) is 1. The van der Waals surface area contributed by atoms with Gasteiger partial charge in [-0.3, -0.25) is 40.0 Å². The number of thioether (sulfide) groups is 1. The molecule has 8 saturated heterocycles. The van der Waals surface area contributed by atoms with Crippen LogP contribution < -0.4 is 46.2 Å². The summed E-state index contributed by atoms with van der Waals surface area (Å²) < 4.78 is 166. The van der Waals surface area contributed by atoms with Gasteiger partial charge in [-0.05, 0) is 211 Å². The number of sulfone groups is 5. The van der Waals surface area contributed by atoms with E-state index >= 15 is 0 Å². The van der Waals surface area contributed by atoms with Crippen molar-refractivity contribution in [3.8, 4) is 46.0 Å². The molecule has 0 saturated carbocycles. The van der Waals surface area contributed by atoms with Gasteiger partial charge in [0.05, 0.1) is 89.0 Å². The van der Waals surface area contributed by atoms with Gasteiger partial charge in [0.15, 0.2) is 63.4 Å². The number of aliphatic hydroxyl groups excluding tert-OH is 4. The first-order chi connectivity index (χ1) is 62.2. The summed E-state index contributed by atoms with van der Waals surface area (Å²) in [7, 11) is -20.2. The second-order valence-corrected chi connectivity index (χ2v) is 43.8. The summed E-state index contributed by atoms with van der Waals surface area (Å²) in [6.07, 6.45) is 1.08. The summed E-state index contributed by atoms with van der Waals surface area (Å²) in [5.41, 5.74) is 5.18. The number of ether oxygens (including phenoxy) is 9. The van der Waals surface area contributed by atoms with Crippen molar-refractivity contribution in [3.63, 3.8) is 0 Å². The fraction of sp³-hybridized carbons (Fsp3) is 0.391. The normalized spacial score (nSPS) is 21.5. The number of amides is 5. The number of hydroxylamine groups is 4. The molecule has 6 unspecified atom stereocenters. The highest BCUT2D eigenvalue weighted by Crippen LogP contribution is 2.41. The van der Waals surface area contributed by atoms with E-state index in [1.165, 1.54) is 124 Å². The number of aliphatic hydroxyl groups is 4. The maximum absolute atomic E-state index is 13.0. The first-order valence-electron chi connectivity index (χ1n) is 40.8. The molecule has 0 bridgehead atoms. The molecule has 16 rings (SSSR count). The summed E-state index contributed by atoms with van der Waals surface area (Å²) >= 11 is 1.83. The first-order valence-corrected chi connectivity index (χ1v) is 49.7. The maximum Gasteiger partial charge on any atom is 0.410 e. The molecular formula is C87H106N6O32S6. The van der Waals surface area contributed by atoms with Crippen molar-refractivity contribution < 1.29 is 150 Å². The number of carbonyl (C=O) groups is 5. The lowest BCUT2D eigenvalue weighted by atomic mass is 10.1. The minimum atomic E-state index is -4.38. The summed E-state index contributed by atoms with van der Waals surface area (Å²) in [4.78, 5) is 60.6. The van der Waals surface area contributed by atoms with Crippen molar-refractivity contribution in [2.45, 2.75) is 128 Å². The molecule has 0 radical (unpaired) electrons. The number of hydrogen-bond donors (Lipinski definition) is 13. The van der Waals surface area contributed by atoms with Crippen LogP contribution in [0, 0.1) is 0 Å². The molecule has 8 fully saturated rings. The van der Waals surface area contributed by atoms with Gasteiger partial charge in [-0.1, -0.05) is 72.8 Å². The van der Waals surface area contributed by atoms with Gasteiger partial charge >= 0.3 is 6.09 Å². The van der Waals surface area contributed by atoms with Gasteiger partial charge in [0.1, 0.15) is 57.7 Å². The van der Waals surface area contributed by atoms with Crippen LogP contribution in [0.1, 0.15) is 59.3 Å². The third-order valence-corrected chi connectivity index (χ3v) is 33.6. The number of likely N-dealkylation sites (tertiary alicyclic amines) is 1. The Morgan fingerprint density at radius 2 is 0.779 bits per heavy atom. The molecule has 5 amide bonds. The Morgan fingerprint density at radius 1 is 0.420 bits per heavy atom. The minimum absolute atomic E-state index is 0.000196. The fourth-order valence-corrected chi connectivity index (χ4v) is 24.5. The van der Waals surface area contributed by atoms with Crippen molar-refractivity contribution in [2.75, 3.05) is 102 Å². The van der Waals surface area contributed by atoms with Gasteiger partial charge in [-0.2, -0.15) is 11.8 Å². The molecular weight excluding hydrogens is 1830 g/mol. The number of benzene rings is 8. The van der Waals surface area contributed by atoms with Crippen molar-refractivity contribution in [1.82, 2.24) is 32.1 Å². The topological polar surface area (TPSA) is 564 Å². The van der Waals surface area contributed by atoms with Crippen LogP contribution in [0.2, 0.25) is 0 Å². The van der Waals surface area contributed by atoms with E-state index in [-0.39, 0.29) is 95.9 Å². The third kappa shape index (κ3) is 27.2. The van der Waals surface area contributed by atoms with Gasteiger partial charge in [0.25, 0.3) is 23.6 Å². The van der Waals surface area contributed by atoms with Gasteiger partial charge in [-0.15, -0.1) is 0 Å². The van der Waals surface area contributed by atoms with E-state index in [4.69, 9.17) is 74.0 Å². The molecule has 8 aromatic carbocycles. The molecule has 0 aromatic heterocycles. The molecule has 8 heterocycles. The van der Waals surface area contributed by atoms with Crippen LogP contribution in [-0.4, -0.2) is 269 Å². The standard InChI is InChI=1S/C17H18N2O5S.C17H17NO7S2.C17H17NO6S.C16H15NO6S.C9H17NO3.C4H8O2.C4H8OS.C3H6O2/c20-16(19-21)17(10-11-18-12-17)25(22,23)15-8-6-14(7-9-15)24-13-4-2-1-3-5-13;19-16(18-20)17(10-11-26(21,22)12-17)27(23,24)15-8-6-14(7-9-15)25-13-4-2-1-3-5-13;19-16(18-20)17(10-11-23-12-17)25(21,22)15-8-6-14(7-9-15)24-13-4-2-1-3-5-13;18-15(17-19)16(10-22-11-16)24(20,21)14-8-6-13(7-9-14)23-12-4-2-1-3-5-12;1-9(2,3)13-8(12)10-5-4-7(11)6-10;2*5-4-1-2-6-3-4;4-3-1-5-2-3/h1-9,18,21H,10-12H2,(H,19,20);1-9,20H,10-12H2,(H,18,19);1-9,20H,10-12H2,(H,18,19);1-9,19H,10-11H2,(H,17,18);7,11H,4-6H2,1-3H3;2*4-5H,1-3H2;3-4H,1-2H2. The van der Waals surface area contributed by atoms with Gasteiger partial charge < -0.3 is 73.3 Å². The monoisotopic (exact) mass is 1940 g/mol. The summed E-state index contributed by atoms with van der Waals surface area (Å²) in [5.74, 6) is 0.834. The van der Waals surface area contributed by atoms with Crippen LogP contribution in [0.4, 0.5) is 4.79 Å². The Labute approximate surface area is 762 Å². The second kappa shape index (κ2) is 47.4. The molecule has 8 aliphatic rings. The molecule has 8 aromatic rings. The highest BCUT2D eigenvalue weighted by atomic mass is 32.2. The summed E-state index contributed by atoms with van der Waals surface area (Å²) in [6, 6.07) is 58.7. The predicted molar refractivity (Wildman–Crippen MR) is 473 cm³/mol. The minimum Gasteiger partial charge on any atom is -0.457 e. The molecule has 0 spiro atoms. The Morgan fingerprint density at radius 3 is 1.04 bits per heavy atom. The number of hydrogen-bond acceptors (Lipinski definition) is 34. The van der Waals surface area contributed by atoms with Crippen LogP contribution in [-0.2, 0) is 92.0 Å². The average molecular weight is 1940 g/mol. The summed E-state index contributed by atoms with van der Waals surface area (Å²) in [6.45, 7) is 8.39. The highest BCUT2D eigenvalue weighted by molar-refractivity contribution is 7.99. The number of carbonyl (C=O) groups excluding carboxylic acids is 5. The van der Waals surface area contributed by atoms with E-state index in [2.05, 4.69) is 10.1 Å². The van der Waals surface area contributed by atoms with Crippen LogP contribution in [0.3, 0.4) is 0 Å². The maximum atomic E-state index is 13.0. The number of β-amino-alcohol motifs (C(OH)–C–C–N with tert-alkyl or cyclic N) is 1. The highest BCUT2D eigenvalue weighted by Gasteiger charge is 2.60. The number of nitrogens with one attached hydrogen (secondary N) is 5. The zero-order valence-corrected chi connectivity index (χ0v) is 76.3. The van der Waals surface area contributed by atoms with Crippen molar-refractivity contribution in [3.05, 3.63) is 218 Å².